The summed E-state index contributed by atoms with van der Waals surface area (Å²) in [6.45, 7) is 4.20. The van der Waals surface area contributed by atoms with Crippen molar-refractivity contribution >= 4 is 27.8 Å². The highest BCUT2D eigenvalue weighted by atomic mass is 32.2. The Bertz CT molecular complexity index is 1370. The predicted octanol–water partition coefficient (Wildman–Crippen LogP) is 4.71. The van der Waals surface area contributed by atoms with E-state index in [0.29, 0.717) is 24.6 Å². The van der Waals surface area contributed by atoms with Gasteiger partial charge in [0.2, 0.25) is 0 Å². The molecule has 1 N–H and O–H groups in total. The van der Waals surface area contributed by atoms with E-state index in [9.17, 15) is 18.0 Å². The van der Waals surface area contributed by atoms with Crippen LogP contribution in [0.15, 0.2) is 77.7 Å². The van der Waals surface area contributed by atoms with Crippen LogP contribution < -0.4 is 14.2 Å². The van der Waals surface area contributed by atoms with E-state index in [4.69, 9.17) is 18.4 Å². The number of esters is 1. The fourth-order valence-corrected chi connectivity index (χ4v) is 4.69. The number of carbonyl (C=O) groups excluding carboxylic acids is 2. The van der Waals surface area contributed by atoms with Gasteiger partial charge in [-0.2, -0.15) is 8.42 Å². The fraction of sp³-hybridized carbons (Fsp3) is 0.286. The van der Waals surface area contributed by atoms with Gasteiger partial charge in [0.05, 0.1) is 31.1 Å². The van der Waals surface area contributed by atoms with E-state index in [1.54, 1.807) is 68.3 Å². The van der Waals surface area contributed by atoms with Crippen LogP contribution in [-0.2, 0) is 26.1 Å². The van der Waals surface area contributed by atoms with E-state index in [1.165, 1.54) is 37.4 Å². The van der Waals surface area contributed by atoms with Gasteiger partial charge in [0.25, 0.3) is 0 Å². The van der Waals surface area contributed by atoms with Crippen LogP contribution in [0.2, 0.25) is 0 Å². The fourth-order valence-electron chi connectivity index (χ4n) is 3.57. The highest BCUT2D eigenvalue weighted by Crippen LogP contribution is 2.25. The molecule has 0 spiro atoms. The average molecular weight is 557 g/mol. The van der Waals surface area contributed by atoms with Gasteiger partial charge >= 0.3 is 22.1 Å². The molecule has 0 saturated heterocycles. The predicted molar refractivity (Wildman–Crippen MR) is 146 cm³/mol. The Hall–Kier alpha value is -4.09. The number of nitrogens with zero attached hydrogens (tertiary/aromatic N) is 1. The van der Waals surface area contributed by atoms with Gasteiger partial charge in [-0.05, 0) is 55.8 Å². The number of carbonyl (C=O) groups is 2. The van der Waals surface area contributed by atoms with Crippen LogP contribution in [0, 0.1) is 0 Å². The van der Waals surface area contributed by atoms with E-state index in [2.05, 4.69) is 5.32 Å². The first-order valence-corrected chi connectivity index (χ1v) is 13.6. The second-order valence-corrected chi connectivity index (χ2v) is 10.2. The topological polar surface area (TPSA) is 120 Å². The second kappa shape index (κ2) is 13.6. The molecule has 0 aliphatic rings. The first-order valence-electron chi connectivity index (χ1n) is 12.2. The highest BCUT2D eigenvalue weighted by molar-refractivity contribution is 7.87. The van der Waals surface area contributed by atoms with Crippen LogP contribution in [0.5, 0.6) is 11.5 Å². The number of anilines is 1. The molecule has 208 valence electrons. The number of benzene rings is 3. The van der Waals surface area contributed by atoms with Crippen molar-refractivity contribution < 1.29 is 36.4 Å². The SMILES string of the molecule is COCCN(Cc1ccc(OS(=O)(=O)c2ccccc2C(=O)OC(C)C)cc1)C(=O)Nc1ccccc1OC. The molecule has 0 radical (unpaired) electrons. The van der Waals surface area contributed by atoms with Gasteiger partial charge in [-0.1, -0.05) is 36.4 Å². The van der Waals surface area contributed by atoms with Gasteiger partial charge in [0.1, 0.15) is 16.4 Å². The first-order chi connectivity index (χ1) is 18.6. The Morgan fingerprint density at radius 2 is 1.59 bits per heavy atom. The maximum atomic E-state index is 13.0. The van der Waals surface area contributed by atoms with E-state index in [1.807, 2.05) is 0 Å². The number of para-hydroxylation sites is 2. The summed E-state index contributed by atoms with van der Waals surface area (Å²) >= 11 is 0. The van der Waals surface area contributed by atoms with Crippen molar-refractivity contribution in [2.75, 3.05) is 32.7 Å². The van der Waals surface area contributed by atoms with Crippen molar-refractivity contribution in [1.82, 2.24) is 4.90 Å². The molecule has 39 heavy (non-hydrogen) atoms. The zero-order valence-corrected chi connectivity index (χ0v) is 23.1. The van der Waals surface area contributed by atoms with Gasteiger partial charge in [-0.15, -0.1) is 0 Å². The number of urea groups is 1. The third kappa shape index (κ3) is 8.20. The van der Waals surface area contributed by atoms with E-state index < -0.39 is 22.2 Å². The van der Waals surface area contributed by atoms with Gasteiger partial charge in [0.15, 0.2) is 0 Å². The van der Waals surface area contributed by atoms with Crippen molar-refractivity contribution in [3.05, 3.63) is 83.9 Å². The molecule has 0 atom stereocenters. The number of ether oxygens (including phenoxy) is 3. The number of amides is 2. The summed E-state index contributed by atoms with van der Waals surface area (Å²) < 4.78 is 46.9. The normalized spacial score (nSPS) is 11.1. The maximum Gasteiger partial charge on any atom is 0.340 e. The molecule has 0 aliphatic heterocycles. The smallest absolute Gasteiger partial charge is 0.340 e. The molecule has 0 heterocycles. The highest BCUT2D eigenvalue weighted by Gasteiger charge is 2.25. The van der Waals surface area contributed by atoms with Crippen molar-refractivity contribution in [2.45, 2.75) is 31.4 Å². The lowest BCUT2D eigenvalue weighted by molar-refractivity contribution is 0.0373. The van der Waals surface area contributed by atoms with Crippen LogP contribution in [-0.4, -0.2) is 58.8 Å². The summed E-state index contributed by atoms with van der Waals surface area (Å²) in [5, 5.41) is 2.84. The number of hydrogen-bond acceptors (Lipinski definition) is 8. The lowest BCUT2D eigenvalue weighted by atomic mass is 10.2. The molecular weight excluding hydrogens is 524 g/mol. The molecule has 3 aromatic rings. The molecule has 2 amide bonds. The van der Waals surface area contributed by atoms with Gasteiger partial charge in [-0.3, -0.25) is 0 Å². The molecule has 10 nitrogen and oxygen atoms in total. The second-order valence-electron chi connectivity index (χ2n) is 8.68. The van der Waals surface area contributed by atoms with Gasteiger partial charge in [-0.25, -0.2) is 9.59 Å². The van der Waals surface area contributed by atoms with E-state index >= 15 is 0 Å². The zero-order valence-electron chi connectivity index (χ0n) is 22.2. The minimum absolute atomic E-state index is 0.0488. The Morgan fingerprint density at radius 1 is 0.923 bits per heavy atom. The third-order valence-corrected chi connectivity index (χ3v) is 6.73. The Morgan fingerprint density at radius 3 is 2.26 bits per heavy atom. The van der Waals surface area contributed by atoms with Gasteiger partial charge < -0.3 is 28.6 Å². The average Bonchev–Trinajstić information content (AvgIpc) is 2.91. The molecule has 0 unspecified atom stereocenters. The standard InChI is InChI=1S/C28H32N2O8S/c1-20(2)37-27(31)23-9-5-8-12-26(23)39(33,34)38-22-15-13-21(14-16-22)19-30(17-18-35-3)28(32)29-24-10-6-7-11-25(24)36-4/h5-16,20H,17-19H2,1-4H3,(H,29,32). The monoisotopic (exact) mass is 556 g/mol. The Balaban J connectivity index is 1.74. The Labute approximate surface area is 228 Å². The lowest BCUT2D eigenvalue weighted by Gasteiger charge is -2.23. The molecule has 0 fully saturated rings. The molecular formula is C28H32N2O8S. The van der Waals surface area contributed by atoms with Gasteiger partial charge in [0, 0.05) is 20.2 Å². The zero-order chi connectivity index (χ0) is 28.4. The summed E-state index contributed by atoms with van der Waals surface area (Å²) in [4.78, 5) is 26.7. The first kappa shape index (κ1) is 29.5. The van der Waals surface area contributed by atoms with E-state index in [-0.39, 0.29) is 28.8 Å². The van der Waals surface area contributed by atoms with Crippen molar-refractivity contribution in [1.29, 1.82) is 0 Å². The number of nitrogens with one attached hydrogen (secondary N) is 1. The number of methoxy groups -OCH3 is 2. The largest absolute Gasteiger partial charge is 0.495 e. The molecule has 3 rings (SSSR count). The Kier molecular flexibility index (Phi) is 10.3. The summed E-state index contributed by atoms with van der Waals surface area (Å²) in [6.07, 6.45) is -0.415. The number of rotatable bonds is 12. The lowest BCUT2D eigenvalue weighted by Crippen LogP contribution is -2.36. The van der Waals surface area contributed by atoms with Crippen LogP contribution >= 0.6 is 0 Å². The molecule has 0 aliphatic carbocycles. The van der Waals surface area contributed by atoms with Crippen molar-refractivity contribution in [3.63, 3.8) is 0 Å². The van der Waals surface area contributed by atoms with Crippen LogP contribution in [0.25, 0.3) is 0 Å². The molecule has 11 heteroatoms. The van der Waals surface area contributed by atoms with Crippen LogP contribution in [0.1, 0.15) is 29.8 Å². The quantitative estimate of drug-likeness (QED) is 0.252. The van der Waals surface area contributed by atoms with Crippen LogP contribution in [0.3, 0.4) is 0 Å². The molecule has 0 aromatic heterocycles. The third-order valence-electron chi connectivity index (χ3n) is 5.42. The summed E-state index contributed by atoms with van der Waals surface area (Å²) in [5.41, 5.74) is 1.14. The van der Waals surface area contributed by atoms with E-state index in [0.717, 1.165) is 5.56 Å². The summed E-state index contributed by atoms with van der Waals surface area (Å²) in [6, 6.07) is 18.7. The van der Waals surface area contributed by atoms with Crippen LogP contribution in [0.4, 0.5) is 10.5 Å². The van der Waals surface area contributed by atoms with Crippen molar-refractivity contribution in [3.8, 4) is 11.5 Å². The molecule has 0 bridgehead atoms. The maximum absolute atomic E-state index is 13.0. The number of hydrogen-bond donors (Lipinski definition) is 1. The minimum Gasteiger partial charge on any atom is -0.495 e. The molecule has 3 aromatic carbocycles. The van der Waals surface area contributed by atoms with Crippen molar-refractivity contribution in [2.24, 2.45) is 0 Å². The molecule has 0 saturated carbocycles. The summed E-state index contributed by atoms with van der Waals surface area (Å²) in [5.74, 6) is -0.183. The minimum atomic E-state index is -4.33. The summed E-state index contributed by atoms with van der Waals surface area (Å²) in [7, 11) is -1.26.